The second-order valence-electron chi connectivity index (χ2n) is 10.1. The average molecular weight is 620 g/mol. The van der Waals surface area contributed by atoms with E-state index in [4.69, 9.17) is 36.3 Å². The van der Waals surface area contributed by atoms with Gasteiger partial charge in [-0.2, -0.15) is 0 Å². The van der Waals surface area contributed by atoms with E-state index in [-0.39, 0.29) is 11.6 Å². The summed E-state index contributed by atoms with van der Waals surface area (Å²) >= 11 is 5.59. The molecule has 2 fully saturated rings. The number of likely N-dealkylation sites (tertiary alicyclic amines) is 1. The largest absolute Gasteiger partial charge is 0.493 e. The Balaban J connectivity index is 0.000000356. The molecule has 43 heavy (non-hydrogen) atoms. The van der Waals surface area contributed by atoms with Gasteiger partial charge in [-0.25, -0.2) is 14.4 Å². The van der Waals surface area contributed by atoms with Crippen LogP contribution in [0.25, 0.3) is 10.9 Å². The number of methoxy groups -OCH3 is 1. The Bertz CT molecular complexity index is 1230. The molecule has 0 radical (unpaired) electrons. The highest BCUT2D eigenvalue weighted by Crippen LogP contribution is 2.36. The van der Waals surface area contributed by atoms with E-state index in [0.717, 1.165) is 51.6 Å². The highest BCUT2D eigenvalue weighted by molar-refractivity contribution is 6.17. The van der Waals surface area contributed by atoms with Gasteiger partial charge in [-0.3, -0.25) is 4.90 Å². The van der Waals surface area contributed by atoms with E-state index >= 15 is 0 Å². The monoisotopic (exact) mass is 619 g/mol. The molecule has 2 aliphatic heterocycles. The number of ether oxygens (including phenoxy) is 4. The molecule has 9 nitrogen and oxygen atoms in total. The van der Waals surface area contributed by atoms with Crippen molar-refractivity contribution in [3.8, 4) is 23.1 Å². The summed E-state index contributed by atoms with van der Waals surface area (Å²) in [7, 11) is 1.57. The van der Waals surface area contributed by atoms with E-state index < -0.39 is 5.82 Å². The van der Waals surface area contributed by atoms with Gasteiger partial charge in [0.05, 0.1) is 37.8 Å². The third-order valence-electron chi connectivity index (χ3n) is 7.08. The van der Waals surface area contributed by atoms with Crippen LogP contribution in [0.2, 0.25) is 0 Å². The molecule has 11 heteroatoms. The average Bonchev–Trinajstić information content (AvgIpc) is 3.05. The first-order chi connectivity index (χ1) is 21.1. The number of nitrogens with two attached hydrogens (primary N) is 1. The second-order valence-corrected chi connectivity index (χ2v) is 10.5. The molecule has 238 valence electrons. The lowest BCUT2D eigenvalue weighted by Gasteiger charge is -2.26. The van der Waals surface area contributed by atoms with Gasteiger partial charge in [0.2, 0.25) is 5.88 Å². The third-order valence-corrected chi connectivity index (χ3v) is 7.35. The van der Waals surface area contributed by atoms with Crippen molar-refractivity contribution in [3.05, 3.63) is 42.5 Å². The molecule has 2 saturated heterocycles. The summed E-state index contributed by atoms with van der Waals surface area (Å²) in [5.74, 6) is 1.60. The number of nitrogens with zero attached hydrogens (tertiary/aromatic N) is 4. The molecule has 0 saturated carbocycles. The molecule has 0 aliphatic carbocycles. The molecule has 0 unspecified atom stereocenters. The molecule has 2 N–H and O–H groups in total. The van der Waals surface area contributed by atoms with Crippen molar-refractivity contribution in [2.45, 2.75) is 46.0 Å². The van der Waals surface area contributed by atoms with Gasteiger partial charge in [-0.05, 0) is 63.5 Å². The fourth-order valence-corrected chi connectivity index (χ4v) is 4.98. The summed E-state index contributed by atoms with van der Waals surface area (Å²) in [6, 6.07) is 7.73. The topological polar surface area (TPSA) is 95.2 Å². The maximum absolute atomic E-state index is 14.2. The molecule has 1 aromatic heterocycles. The second kappa shape index (κ2) is 19.4. The number of morpholine rings is 1. The number of nitrogen functional groups attached to an aromatic ring is 1. The van der Waals surface area contributed by atoms with E-state index in [1.165, 1.54) is 57.4 Å². The Hall–Kier alpha value is -2.92. The van der Waals surface area contributed by atoms with Crippen LogP contribution in [0.4, 0.5) is 10.1 Å². The number of hydrogen-bond donors (Lipinski definition) is 1. The fourth-order valence-electron chi connectivity index (χ4n) is 4.86. The van der Waals surface area contributed by atoms with Crippen LogP contribution in [0.1, 0.15) is 46.0 Å². The summed E-state index contributed by atoms with van der Waals surface area (Å²) in [6.45, 7) is 12.7. The van der Waals surface area contributed by atoms with Gasteiger partial charge in [0.15, 0.2) is 23.1 Å². The van der Waals surface area contributed by atoms with Gasteiger partial charge < -0.3 is 29.6 Å². The molecule has 3 aromatic rings. The van der Waals surface area contributed by atoms with Crippen molar-refractivity contribution in [1.82, 2.24) is 19.8 Å². The van der Waals surface area contributed by atoms with E-state index in [2.05, 4.69) is 19.8 Å². The zero-order valence-electron chi connectivity index (χ0n) is 25.8. The molecular weight excluding hydrogens is 573 g/mol. The standard InChI is InChI=1S/C22H25FN4O4.C8H16ClN.C2H6/c1-28-20-13-18-16(12-21(20)30-8-2-5-27-6-9-29-10-7-27)22(26-14-25-18)31-19-4-3-15(24)11-17(19)23;9-5-4-8-10-6-2-1-3-7-10;1-2/h3-4,11-14H,2,5-10,24H2,1H3;1-8H2;1-2H3. The van der Waals surface area contributed by atoms with Crippen LogP contribution < -0.4 is 19.9 Å². The molecule has 3 heterocycles. The molecule has 5 rings (SSSR count). The smallest absolute Gasteiger partial charge is 0.230 e. The van der Waals surface area contributed by atoms with Gasteiger partial charge in [-0.15, -0.1) is 11.6 Å². The predicted octanol–water partition coefficient (Wildman–Crippen LogP) is 6.38. The van der Waals surface area contributed by atoms with Crippen LogP contribution in [0.5, 0.6) is 23.1 Å². The molecule has 0 amide bonds. The molecule has 0 spiro atoms. The highest BCUT2D eigenvalue weighted by Gasteiger charge is 2.15. The Labute approximate surface area is 260 Å². The van der Waals surface area contributed by atoms with Crippen molar-refractivity contribution in [2.75, 3.05) is 77.8 Å². The first-order valence-corrected chi connectivity index (χ1v) is 15.9. The number of alkyl halides is 1. The van der Waals surface area contributed by atoms with Crippen molar-refractivity contribution in [3.63, 3.8) is 0 Å². The molecular formula is C32H47ClFN5O4. The molecule has 2 aromatic carbocycles. The van der Waals surface area contributed by atoms with Crippen molar-refractivity contribution < 1.29 is 23.3 Å². The van der Waals surface area contributed by atoms with E-state index in [1.54, 1.807) is 25.3 Å². The number of anilines is 1. The molecule has 2 aliphatic rings. The van der Waals surface area contributed by atoms with Crippen LogP contribution in [-0.2, 0) is 4.74 Å². The Morgan fingerprint density at radius 1 is 0.907 bits per heavy atom. The third kappa shape index (κ3) is 11.3. The zero-order valence-corrected chi connectivity index (χ0v) is 26.6. The summed E-state index contributed by atoms with van der Waals surface area (Å²) in [4.78, 5) is 13.3. The Kier molecular flexibility index (Phi) is 15.6. The maximum Gasteiger partial charge on any atom is 0.230 e. The summed E-state index contributed by atoms with van der Waals surface area (Å²) in [5, 5.41) is 0.586. The Morgan fingerprint density at radius 3 is 2.33 bits per heavy atom. The molecule has 0 bridgehead atoms. The van der Waals surface area contributed by atoms with Crippen molar-refractivity contribution in [2.24, 2.45) is 0 Å². The molecule has 0 atom stereocenters. The fraction of sp³-hybridized carbons (Fsp3) is 0.562. The van der Waals surface area contributed by atoms with Crippen LogP contribution in [0.15, 0.2) is 36.7 Å². The van der Waals surface area contributed by atoms with Gasteiger partial charge in [0.1, 0.15) is 6.33 Å². The normalized spacial score (nSPS) is 15.6. The van der Waals surface area contributed by atoms with E-state index in [1.807, 2.05) is 13.8 Å². The Morgan fingerprint density at radius 2 is 1.63 bits per heavy atom. The maximum atomic E-state index is 14.2. The van der Waals surface area contributed by atoms with Crippen LogP contribution in [0, 0.1) is 5.82 Å². The van der Waals surface area contributed by atoms with E-state index in [0.29, 0.717) is 34.7 Å². The zero-order chi connectivity index (χ0) is 30.9. The van der Waals surface area contributed by atoms with Gasteiger partial charge in [-0.1, -0.05) is 20.3 Å². The number of hydrogen-bond acceptors (Lipinski definition) is 9. The highest BCUT2D eigenvalue weighted by atomic mass is 35.5. The lowest BCUT2D eigenvalue weighted by Crippen LogP contribution is -2.37. The number of aromatic nitrogens is 2. The first kappa shape index (κ1) is 34.6. The number of fused-ring (bicyclic) bond motifs is 1. The number of halogens is 2. The lowest BCUT2D eigenvalue weighted by atomic mass is 10.1. The minimum Gasteiger partial charge on any atom is -0.493 e. The van der Waals surface area contributed by atoms with Gasteiger partial charge >= 0.3 is 0 Å². The van der Waals surface area contributed by atoms with Crippen molar-refractivity contribution in [1.29, 1.82) is 0 Å². The van der Waals surface area contributed by atoms with Crippen LogP contribution in [0.3, 0.4) is 0 Å². The quantitative estimate of drug-likeness (QED) is 0.149. The number of piperidine rings is 1. The van der Waals surface area contributed by atoms with Gasteiger partial charge in [0, 0.05) is 43.3 Å². The lowest BCUT2D eigenvalue weighted by molar-refractivity contribution is 0.0357. The summed E-state index contributed by atoms with van der Waals surface area (Å²) in [5.41, 5.74) is 6.52. The summed E-state index contributed by atoms with van der Waals surface area (Å²) in [6.07, 6.45) is 7.59. The van der Waals surface area contributed by atoms with E-state index in [9.17, 15) is 4.39 Å². The van der Waals surface area contributed by atoms with Crippen molar-refractivity contribution >= 4 is 28.2 Å². The number of benzene rings is 2. The summed E-state index contributed by atoms with van der Waals surface area (Å²) < 4.78 is 36.7. The number of rotatable bonds is 11. The SMILES string of the molecule is CC.COc1cc2ncnc(Oc3ccc(N)cc3F)c2cc1OCCCN1CCOCC1.ClCCCN1CCCCC1. The van der Waals surface area contributed by atoms with Gasteiger partial charge in [0.25, 0.3) is 0 Å². The minimum absolute atomic E-state index is 0.0259. The predicted molar refractivity (Wildman–Crippen MR) is 171 cm³/mol. The first-order valence-electron chi connectivity index (χ1n) is 15.3. The van der Waals surface area contributed by atoms with Crippen LogP contribution in [-0.4, -0.2) is 91.8 Å². The minimum atomic E-state index is -0.570. The van der Waals surface area contributed by atoms with Crippen LogP contribution >= 0.6 is 11.6 Å².